The molecule has 0 bridgehead atoms. The molecule has 0 amide bonds. The van der Waals surface area contributed by atoms with E-state index in [1.165, 1.54) is 6.07 Å². The number of benzene rings is 1. The van der Waals surface area contributed by atoms with Crippen LogP contribution in [0.25, 0.3) is 0 Å². The number of hydrogen-bond acceptors (Lipinski definition) is 4. The monoisotopic (exact) mass is 233 g/mol. The molecular formula is C9H9ClFNO3. The van der Waals surface area contributed by atoms with Gasteiger partial charge in [-0.25, -0.2) is 4.39 Å². The summed E-state index contributed by atoms with van der Waals surface area (Å²) in [7, 11) is 0. The first-order valence-corrected chi connectivity index (χ1v) is 4.68. The molecule has 82 valence electrons. The normalized spacial score (nSPS) is 15.5. The van der Waals surface area contributed by atoms with E-state index in [-0.39, 0.29) is 29.7 Å². The number of nitrogens with two attached hydrogens (primary N) is 1. The molecule has 1 atom stereocenters. The molecule has 1 unspecified atom stereocenters. The zero-order valence-electron chi connectivity index (χ0n) is 7.67. The molecule has 15 heavy (non-hydrogen) atoms. The third-order valence-corrected chi connectivity index (χ3v) is 2.49. The molecule has 0 fully saturated rings. The molecule has 1 aliphatic rings. The molecule has 3 N–H and O–H groups in total. The van der Waals surface area contributed by atoms with Crippen LogP contribution in [-0.4, -0.2) is 18.4 Å². The molecular weight excluding hydrogens is 225 g/mol. The Balaban J connectivity index is 2.54. The van der Waals surface area contributed by atoms with E-state index >= 15 is 0 Å². The Bertz CT molecular complexity index is 399. The summed E-state index contributed by atoms with van der Waals surface area (Å²) in [5.41, 5.74) is 5.26. The second-order valence-electron chi connectivity index (χ2n) is 3.08. The minimum absolute atomic E-state index is 0.00331. The predicted octanol–water partition coefficient (Wildman–Crippen LogP) is 1.20. The molecule has 0 radical (unpaired) electrons. The van der Waals surface area contributed by atoms with Gasteiger partial charge in [0.1, 0.15) is 5.02 Å². The Morgan fingerprint density at radius 3 is 3.00 bits per heavy atom. The SMILES string of the molecule is NCC(O)c1cc2c(c(Cl)c1F)OCO2. The minimum Gasteiger partial charge on any atom is -0.454 e. The van der Waals surface area contributed by atoms with E-state index in [4.69, 9.17) is 26.8 Å². The summed E-state index contributed by atoms with van der Waals surface area (Å²) in [4.78, 5) is 0. The van der Waals surface area contributed by atoms with Crippen molar-refractivity contribution >= 4 is 11.6 Å². The van der Waals surface area contributed by atoms with Crippen LogP contribution in [0.5, 0.6) is 11.5 Å². The van der Waals surface area contributed by atoms with Gasteiger partial charge in [0, 0.05) is 12.1 Å². The van der Waals surface area contributed by atoms with Crippen molar-refractivity contribution in [3.05, 3.63) is 22.5 Å². The summed E-state index contributed by atoms with van der Waals surface area (Å²) in [5, 5.41) is 9.26. The Morgan fingerprint density at radius 2 is 2.33 bits per heavy atom. The summed E-state index contributed by atoms with van der Waals surface area (Å²) in [6.45, 7) is -0.0937. The number of aliphatic hydroxyl groups excluding tert-OH is 1. The highest BCUT2D eigenvalue weighted by atomic mass is 35.5. The molecule has 1 aliphatic heterocycles. The fourth-order valence-corrected chi connectivity index (χ4v) is 1.62. The molecule has 0 aliphatic carbocycles. The second kappa shape index (κ2) is 3.84. The maximum absolute atomic E-state index is 13.6. The predicted molar refractivity (Wildman–Crippen MR) is 51.5 cm³/mol. The lowest BCUT2D eigenvalue weighted by atomic mass is 10.1. The van der Waals surface area contributed by atoms with Gasteiger partial charge in [-0.05, 0) is 6.07 Å². The van der Waals surface area contributed by atoms with Crippen molar-refractivity contribution in [1.29, 1.82) is 0 Å². The largest absolute Gasteiger partial charge is 0.454 e. The van der Waals surface area contributed by atoms with Gasteiger partial charge in [0.05, 0.1) is 6.10 Å². The highest BCUT2D eigenvalue weighted by molar-refractivity contribution is 6.32. The summed E-state index contributed by atoms with van der Waals surface area (Å²) in [6, 6.07) is 1.35. The maximum atomic E-state index is 13.6. The smallest absolute Gasteiger partial charge is 0.231 e. The van der Waals surface area contributed by atoms with Crippen LogP contribution in [0.1, 0.15) is 11.7 Å². The first-order chi connectivity index (χ1) is 7.15. The van der Waals surface area contributed by atoms with Crippen LogP contribution in [0.15, 0.2) is 6.07 Å². The van der Waals surface area contributed by atoms with Crippen molar-refractivity contribution < 1.29 is 19.0 Å². The van der Waals surface area contributed by atoms with E-state index in [2.05, 4.69) is 0 Å². The van der Waals surface area contributed by atoms with Gasteiger partial charge < -0.3 is 20.3 Å². The summed E-state index contributed by atoms with van der Waals surface area (Å²) in [5.74, 6) is -0.232. The van der Waals surface area contributed by atoms with E-state index in [0.29, 0.717) is 5.75 Å². The van der Waals surface area contributed by atoms with Crippen LogP contribution in [0.2, 0.25) is 5.02 Å². The molecule has 0 spiro atoms. The lowest BCUT2D eigenvalue weighted by molar-refractivity contribution is 0.172. The summed E-state index contributed by atoms with van der Waals surface area (Å²) in [6.07, 6.45) is -1.10. The van der Waals surface area contributed by atoms with E-state index in [0.717, 1.165) is 0 Å². The molecule has 0 saturated heterocycles. The van der Waals surface area contributed by atoms with Crippen molar-refractivity contribution in [2.45, 2.75) is 6.10 Å². The van der Waals surface area contributed by atoms with Crippen molar-refractivity contribution in [2.75, 3.05) is 13.3 Å². The fraction of sp³-hybridized carbons (Fsp3) is 0.333. The van der Waals surface area contributed by atoms with Crippen LogP contribution < -0.4 is 15.2 Å². The minimum atomic E-state index is -1.10. The Morgan fingerprint density at radius 1 is 1.60 bits per heavy atom. The number of hydrogen-bond donors (Lipinski definition) is 2. The van der Waals surface area contributed by atoms with Crippen LogP contribution in [0, 0.1) is 5.82 Å². The molecule has 4 nitrogen and oxygen atoms in total. The van der Waals surface area contributed by atoms with Crippen molar-refractivity contribution in [2.24, 2.45) is 5.73 Å². The average Bonchev–Trinajstić information content (AvgIpc) is 2.70. The molecule has 1 aromatic carbocycles. The topological polar surface area (TPSA) is 64.7 Å². The van der Waals surface area contributed by atoms with E-state index in [1.54, 1.807) is 0 Å². The molecule has 2 rings (SSSR count). The zero-order chi connectivity index (χ0) is 11.0. The fourth-order valence-electron chi connectivity index (χ4n) is 1.37. The van der Waals surface area contributed by atoms with Gasteiger partial charge in [-0.2, -0.15) is 0 Å². The molecule has 0 aromatic heterocycles. The van der Waals surface area contributed by atoms with E-state index in [9.17, 15) is 9.50 Å². The van der Waals surface area contributed by atoms with Crippen LogP contribution in [0.3, 0.4) is 0 Å². The summed E-state index contributed by atoms with van der Waals surface area (Å²) >= 11 is 5.71. The van der Waals surface area contributed by atoms with Crippen LogP contribution >= 0.6 is 11.6 Å². The lowest BCUT2D eigenvalue weighted by Crippen LogP contribution is -2.13. The van der Waals surface area contributed by atoms with Crippen LogP contribution in [0.4, 0.5) is 4.39 Å². The van der Waals surface area contributed by atoms with Gasteiger partial charge in [-0.1, -0.05) is 11.6 Å². The molecule has 1 heterocycles. The van der Waals surface area contributed by atoms with Crippen molar-refractivity contribution in [1.82, 2.24) is 0 Å². The maximum Gasteiger partial charge on any atom is 0.231 e. The van der Waals surface area contributed by atoms with Gasteiger partial charge in [0.2, 0.25) is 6.79 Å². The third-order valence-electron chi connectivity index (χ3n) is 2.16. The number of ether oxygens (including phenoxy) is 2. The lowest BCUT2D eigenvalue weighted by Gasteiger charge is -2.11. The zero-order valence-corrected chi connectivity index (χ0v) is 8.42. The number of rotatable bonds is 2. The highest BCUT2D eigenvalue weighted by Gasteiger charge is 2.25. The van der Waals surface area contributed by atoms with Gasteiger partial charge >= 0.3 is 0 Å². The summed E-state index contributed by atoms with van der Waals surface area (Å²) < 4.78 is 23.6. The number of aliphatic hydroxyl groups is 1. The Hall–Kier alpha value is -1.04. The van der Waals surface area contributed by atoms with Gasteiger partial charge in [0.15, 0.2) is 17.3 Å². The second-order valence-corrected chi connectivity index (χ2v) is 3.46. The quantitative estimate of drug-likeness (QED) is 0.806. The molecule has 6 heteroatoms. The molecule has 1 aromatic rings. The Kier molecular flexibility index (Phi) is 2.68. The van der Waals surface area contributed by atoms with E-state index in [1.807, 2.05) is 0 Å². The van der Waals surface area contributed by atoms with Crippen molar-refractivity contribution in [3.63, 3.8) is 0 Å². The van der Waals surface area contributed by atoms with Crippen LogP contribution in [-0.2, 0) is 0 Å². The first kappa shape index (κ1) is 10.5. The Labute approximate surface area is 90.4 Å². The highest BCUT2D eigenvalue weighted by Crippen LogP contribution is 2.43. The standard InChI is InChI=1S/C9H9ClFNO3/c10-7-8(11)4(5(13)2-12)1-6-9(7)15-3-14-6/h1,5,13H,2-3,12H2. The number of fused-ring (bicyclic) bond motifs is 1. The first-order valence-electron chi connectivity index (χ1n) is 4.30. The van der Waals surface area contributed by atoms with E-state index < -0.39 is 11.9 Å². The number of halogens is 2. The average molecular weight is 234 g/mol. The third kappa shape index (κ3) is 1.62. The molecule has 0 saturated carbocycles. The van der Waals surface area contributed by atoms with Gasteiger partial charge in [0.25, 0.3) is 0 Å². The van der Waals surface area contributed by atoms with Gasteiger partial charge in [-0.3, -0.25) is 0 Å². The van der Waals surface area contributed by atoms with Crippen molar-refractivity contribution in [3.8, 4) is 11.5 Å². The van der Waals surface area contributed by atoms with Gasteiger partial charge in [-0.15, -0.1) is 0 Å².